The number of unbranched alkanes of at least 4 members (excludes halogenated alkanes) is 3. The van der Waals surface area contributed by atoms with Crippen molar-refractivity contribution >= 4 is 5.97 Å². The molecule has 1 unspecified atom stereocenters. The van der Waals surface area contributed by atoms with Crippen molar-refractivity contribution in [2.24, 2.45) is 0 Å². The molecule has 0 bridgehead atoms. The van der Waals surface area contributed by atoms with Gasteiger partial charge in [0, 0.05) is 12.0 Å². The molecule has 1 aliphatic rings. The molecule has 17 heavy (non-hydrogen) atoms. The summed E-state index contributed by atoms with van der Waals surface area (Å²) in [7, 11) is 0. The first kappa shape index (κ1) is 14.2. The number of hydrogen-bond acceptors (Lipinski definition) is 3. The van der Waals surface area contributed by atoms with Crippen LogP contribution in [0.1, 0.15) is 59.3 Å². The molecule has 0 aliphatic carbocycles. The summed E-state index contributed by atoms with van der Waals surface area (Å²) in [6, 6.07) is 0. The molecular formula is C14H24O3. The van der Waals surface area contributed by atoms with E-state index in [4.69, 9.17) is 9.47 Å². The van der Waals surface area contributed by atoms with E-state index in [2.05, 4.69) is 6.92 Å². The van der Waals surface area contributed by atoms with E-state index in [0.29, 0.717) is 6.61 Å². The van der Waals surface area contributed by atoms with E-state index in [1.54, 1.807) is 0 Å². The molecule has 0 radical (unpaired) electrons. The Morgan fingerprint density at radius 2 is 2.00 bits per heavy atom. The number of carbonyl (C=O) groups is 1. The van der Waals surface area contributed by atoms with Gasteiger partial charge in [-0.25, -0.2) is 4.79 Å². The van der Waals surface area contributed by atoms with Crippen LogP contribution >= 0.6 is 0 Å². The Bertz CT molecular complexity index is 277. The van der Waals surface area contributed by atoms with Crippen LogP contribution in [0.15, 0.2) is 11.1 Å². The fourth-order valence-electron chi connectivity index (χ4n) is 1.69. The smallest absolute Gasteiger partial charge is 0.335 e. The maximum Gasteiger partial charge on any atom is 0.335 e. The Labute approximate surface area is 104 Å². The lowest BCUT2D eigenvalue weighted by molar-refractivity contribution is -0.213. The van der Waals surface area contributed by atoms with E-state index >= 15 is 0 Å². The molecule has 98 valence electrons. The first-order valence-electron chi connectivity index (χ1n) is 6.64. The SMILES string of the molecule is CCCCCCC(C)=C(C)C(=O)OC1CCO1. The minimum Gasteiger partial charge on any atom is -0.432 e. The molecule has 3 nitrogen and oxygen atoms in total. The fraction of sp³-hybridized carbons (Fsp3) is 0.786. The second kappa shape index (κ2) is 7.49. The largest absolute Gasteiger partial charge is 0.432 e. The zero-order valence-corrected chi connectivity index (χ0v) is 11.3. The molecule has 0 spiro atoms. The van der Waals surface area contributed by atoms with E-state index in [0.717, 1.165) is 30.4 Å². The highest BCUT2D eigenvalue weighted by Gasteiger charge is 2.23. The van der Waals surface area contributed by atoms with Crippen LogP contribution in [0.5, 0.6) is 0 Å². The molecule has 0 N–H and O–H groups in total. The minimum absolute atomic E-state index is 0.220. The lowest BCUT2D eigenvalue weighted by Gasteiger charge is -2.26. The maximum atomic E-state index is 11.7. The van der Waals surface area contributed by atoms with Crippen molar-refractivity contribution in [1.82, 2.24) is 0 Å². The summed E-state index contributed by atoms with van der Waals surface area (Å²) in [5.41, 5.74) is 1.89. The van der Waals surface area contributed by atoms with Gasteiger partial charge in [0.05, 0.1) is 6.61 Å². The third-order valence-corrected chi connectivity index (χ3v) is 3.25. The van der Waals surface area contributed by atoms with Crippen LogP contribution in [0, 0.1) is 0 Å². The highest BCUT2D eigenvalue weighted by Crippen LogP contribution is 2.18. The van der Waals surface area contributed by atoms with Gasteiger partial charge in [-0.3, -0.25) is 0 Å². The van der Waals surface area contributed by atoms with E-state index in [-0.39, 0.29) is 12.3 Å². The molecule has 0 saturated carbocycles. The molecule has 1 saturated heterocycles. The van der Waals surface area contributed by atoms with Crippen molar-refractivity contribution in [3.63, 3.8) is 0 Å². The Hall–Kier alpha value is -0.830. The molecule has 1 aliphatic heterocycles. The van der Waals surface area contributed by atoms with Crippen LogP contribution in [0.25, 0.3) is 0 Å². The van der Waals surface area contributed by atoms with E-state index in [9.17, 15) is 4.79 Å². The molecule has 3 heteroatoms. The average molecular weight is 240 g/mol. The summed E-state index contributed by atoms with van der Waals surface area (Å²) in [5, 5.41) is 0. The van der Waals surface area contributed by atoms with Crippen LogP contribution in [0.4, 0.5) is 0 Å². The zero-order valence-electron chi connectivity index (χ0n) is 11.3. The van der Waals surface area contributed by atoms with Crippen LogP contribution in [0.3, 0.4) is 0 Å². The molecule has 0 aromatic carbocycles. The molecular weight excluding hydrogens is 216 g/mol. The van der Waals surface area contributed by atoms with Gasteiger partial charge in [-0.05, 0) is 26.7 Å². The van der Waals surface area contributed by atoms with Crippen LogP contribution in [0.2, 0.25) is 0 Å². The summed E-state index contributed by atoms with van der Waals surface area (Å²) in [6.07, 6.45) is 6.42. The number of esters is 1. The first-order valence-corrected chi connectivity index (χ1v) is 6.64. The Morgan fingerprint density at radius 1 is 1.29 bits per heavy atom. The predicted molar refractivity (Wildman–Crippen MR) is 67.6 cm³/mol. The number of allylic oxidation sites excluding steroid dienone is 1. The van der Waals surface area contributed by atoms with Crippen LogP contribution < -0.4 is 0 Å². The molecule has 0 aromatic rings. The van der Waals surface area contributed by atoms with Gasteiger partial charge in [-0.15, -0.1) is 0 Å². The average Bonchev–Trinajstić information content (AvgIpc) is 2.27. The fourth-order valence-corrected chi connectivity index (χ4v) is 1.69. The van der Waals surface area contributed by atoms with E-state index < -0.39 is 0 Å². The van der Waals surface area contributed by atoms with E-state index in [1.165, 1.54) is 19.3 Å². The van der Waals surface area contributed by atoms with Gasteiger partial charge in [0.2, 0.25) is 6.29 Å². The quantitative estimate of drug-likeness (QED) is 0.387. The van der Waals surface area contributed by atoms with Crippen molar-refractivity contribution < 1.29 is 14.3 Å². The van der Waals surface area contributed by atoms with Gasteiger partial charge >= 0.3 is 5.97 Å². The number of carbonyl (C=O) groups excluding carboxylic acids is 1. The molecule has 1 heterocycles. The molecule has 0 amide bonds. The van der Waals surface area contributed by atoms with Crippen molar-refractivity contribution in [1.29, 1.82) is 0 Å². The van der Waals surface area contributed by atoms with Gasteiger partial charge in [0.25, 0.3) is 0 Å². The topological polar surface area (TPSA) is 35.5 Å². The van der Waals surface area contributed by atoms with Gasteiger partial charge in [0.15, 0.2) is 0 Å². The van der Waals surface area contributed by atoms with Crippen LogP contribution in [-0.2, 0) is 14.3 Å². The van der Waals surface area contributed by atoms with Crippen molar-refractivity contribution in [3.8, 4) is 0 Å². The standard InChI is InChI=1S/C14H24O3/c1-4-5-6-7-8-11(2)12(3)14(15)17-13-9-10-16-13/h13H,4-10H2,1-3H3. The lowest BCUT2D eigenvalue weighted by Crippen LogP contribution is -2.32. The molecule has 1 fully saturated rings. The van der Waals surface area contributed by atoms with Crippen molar-refractivity contribution in [2.45, 2.75) is 65.6 Å². The summed E-state index contributed by atoms with van der Waals surface area (Å²) in [6.45, 7) is 6.76. The third kappa shape index (κ3) is 4.90. The van der Waals surface area contributed by atoms with Gasteiger partial charge in [-0.1, -0.05) is 31.8 Å². The minimum atomic E-state index is -0.301. The highest BCUT2D eigenvalue weighted by atomic mass is 16.7. The van der Waals surface area contributed by atoms with Crippen LogP contribution in [-0.4, -0.2) is 18.9 Å². The second-order valence-corrected chi connectivity index (χ2v) is 4.71. The zero-order chi connectivity index (χ0) is 12.7. The number of rotatable bonds is 7. The summed E-state index contributed by atoms with van der Waals surface area (Å²) < 4.78 is 10.3. The number of hydrogen-bond donors (Lipinski definition) is 0. The number of ether oxygens (including phenoxy) is 2. The summed E-state index contributed by atoms with van der Waals surface area (Å²) in [5.74, 6) is -0.220. The lowest BCUT2D eigenvalue weighted by atomic mass is 10.0. The predicted octanol–water partition coefficient (Wildman–Crippen LogP) is 3.58. The highest BCUT2D eigenvalue weighted by molar-refractivity contribution is 5.88. The summed E-state index contributed by atoms with van der Waals surface area (Å²) >= 11 is 0. The normalized spacial score (nSPS) is 20.5. The second-order valence-electron chi connectivity index (χ2n) is 4.71. The summed E-state index contributed by atoms with van der Waals surface area (Å²) in [4.78, 5) is 11.7. The van der Waals surface area contributed by atoms with E-state index in [1.807, 2.05) is 13.8 Å². The molecule has 1 rings (SSSR count). The molecule has 0 aromatic heterocycles. The van der Waals surface area contributed by atoms with Crippen molar-refractivity contribution in [2.75, 3.05) is 6.61 Å². The van der Waals surface area contributed by atoms with Gasteiger partial charge in [-0.2, -0.15) is 0 Å². The van der Waals surface area contributed by atoms with Gasteiger partial charge < -0.3 is 9.47 Å². The Balaban J connectivity index is 2.30. The molecule has 1 atom stereocenters. The monoisotopic (exact) mass is 240 g/mol. The van der Waals surface area contributed by atoms with Gasteiger partial charge in [0.1, 0.15) is 0 Å². The Morgan fingerprint density at radius 3 is 2.53 bits per heavy atom. The first-order chi connectivity index (χ1) is 8.15. The third-order valence-electron chi connectivity index (χ3n) is 3.25. The van der Waals surface area contributed by atoms with Crippen molar-refractivity contribution in [3.05, 3.63) is 11.1 Å². The maximum absolute atomic E-state index is 11.7. The Kier molecular flexibility index (Phi) is 6.27.